The van der Waals surface area contributed by atoms with Crippen molar-refractivity contribution in [1.82, 2.24) is 15.6 Å². The van der Waals surface area contributed by atoms with Gasteiger partial charge < -0.3 is 26.0 Å². The maximum absolute atomic E-state index is 15.1. The minimum absolute atomic E-state index is 0.0527. The largest absolute Gasteiger partial charge is 0.488 e. The average Bonchev–Trinajstić information content (AvgIpc) is 3.28. The minimum atomic E-state index is -0.549. The van der Waals surface area contributed by atoms with Crippen LogP contribution in [0, 0.1) is 18.6 Å². The van der Waals surface area contributed by atoms with Crippen LogP contribution in [0.1, 0.15) is 20.2 Å². The van der Waals surface area contributed by atoms with E-state index in [1.165, 1.54) is 28.7 Å². The lowest BCUT2D eigenvalue weighted by Crippen LogP contribution is -2.45. The zero-order valence-corrected chi connectivity index (χ0v) is 18.4. The Bertz CT molecular complexity index is 1170. The van der Waals surface area contributed by atoms with Gasteiger partial charge in [0.05, 0.1) is 27.1 Å². The van der Waals surface area contributed by atoms with Crippen LogP contribution in [-0.4, -0.2) is 49.7 Å². The lowest BCUT2D eigenvalue weighted by atomic mass is 10.00. The van der Waals surface area contributed by atoms with Gasteiger partial charge in [-0.1, -0.05) is 0 Å². The third-order valence-electron chi connectivity index (χ3n) is 5.52. The highest BCUT2D eigenvalue weighted by atomic mass is 32.1. The van der Waals surface area contributed by atoms with Crippen molar-refractivity contribution in [2.45, 2.75) is 19.4 Å². The molecule has 164 valence electrons. The number of amides is 1. The van der Waals surface area contributed by atoms with Crippen LogP contribution in [0.25, 0.3) is 9.53 Å². The van der Waals surface area contributed by atoms with Gasteiger partial charge >= 0.3 is 0 Å². The molecule has 0 aliphatic carbocycles. The van der Waals surface area contributed by atoms with Crippen molar-refractivity contribution in [3.05, 3.63) is 33.1 Å². The van der Waals surface area contributed by atoms with Gasteiger partial charge in [0.15, 0.2) is 11.6 Å². The third kappa shape index (κ3) is 3.60. The quantitative estimate of drug-likeness (QED) is 0.551. The number of aromatic nitrogens is 1. The second-order valence-electron chi connectivity index (χ2n) is 7.63. The van der Waals surface area contributed by atoms with Crippen LogP contribution >= 0.6 is 22.7 Å². The van der Waals surface area contributed by atoms with E-state index in [1.54, 1.807) is 0 Å². The number of hydrogen-bond donors (Lipinski definition) is 3. The number of nitrogens with two attached hydrogens (primary N) is 1. The number of aryl methyl sites for hydroxylation is 1. The molecule has 1 atom stereocenters. The van der Waals surface area contributed by atoms with Gasteiger partial charge in [-0.25, -0.2) is 13.8 Å². The van der Waals surface area contributed by atoms with E-state index >= 15 is 4.39 Å². The summed E-state index contributed by atoms with van der Waals surface area (Å²) in [6.45, 7) is 4.56. The summed E-state index contributed by atoms with van der Waals surface area (Å²) < 4.78 is 36.3. The number of nitrogens with zero attached hydrogens (tertiary/aromatic N) is 2. The Hall–Kier alpha value is -2.50. The summed E-state index contributed by atoms with van der Waals surface area (Å²) in [4.78, 5) is 20.1. The monoisotopic (exact) mass is 465 g/mol. The molecule has 1 aromatic carbocycles. The zero-order chi connectivity index (χ0) is 21.7. The van der Waals surface area contributed by atoms with Gasteiger partial charge in [-0.2, -0.15) is 0 Å². The zero-order valence-electron chi connectivity index (χ0n) is 16.8. The van der Waals surface area contributed by atoms with E-state index < -0.39 is 17.7 Å². The molecular weight excluding hydrogens is 444 g/mol. The van der Waals surface area contributed by atoms with Crippen molar-refractivity contribution >= 4 is 49.5 Å². The number of hydrogen-bond acceptors (Lipinski definition) is 8. The predicted octanol–water partition coefficient (Wildman–Crippen LogP) is 2.67. The number of thiophene rings is 1. The van der Waals surface area contributed by atoms with E-state index in [4.69, 9.17) is 10.5 Å². The molecule has 0 spiro atoms. The molecule has 7 nitrogen and oxygen atoms in total. The standard InChI is InChI=1S/C20H21F2N5O2S2/c1-9-25-20-18(30-9)15(23)17(31-20)19(28)26-10-6-11-12(21)7-13(14(22)16(11)29-8-10)27-4-2-24-3-5-27/h7,10,24H,2-6,8,23H2,1H3,(H,26,28)/t10-/m1/s1. The van der Waals surface area contributed by atoms with Gasteiger partial charge in [-0.05, 0) is 6.92 Å². The molecule has 3 aromatic rings. The fourth-order valence-electron chi connectivity index (χ4n) is 4.01. The van der Waals surface area contributed by atoms with Crippen LogP contribution in [0.4, 0.5) is 20.2 Å². The van der Waals surface area contributed by atoms with Crippen LogP contribution in [-0.2, 0) is 6.42 Å². The fourth-order valence-corrected chi connectivity index (χ4v) is 6.10. The van der Waals surface area contributed by atoms with Crippen molar-refractivity contribution < 1.29 is 18.3 Å². The smallest absolute Gasteiger partial charge is 0.263 e. The Morgan fingerprint density at radius 2 is 2.13 bits per heavy atom. The van der Waals surface area contributed by atoms with Crippen LogP contribution in [0.2, 0.25) is 0 Å². The highest BCUT2D eigenvalue weighted by molar-refractivity contribution is 7.29. The molecule has 4 heterocycles. The molecule has 1 amide bonds. The first-order valence-electron chi connectivity index (χ1n) is 9.98. The molecule has 11 heteroatoms. The number of rotatable bonds is 3. The lowest BCUT2D eigenvalue weighted by Gasteiger charge is -2.32. The summed E-state index contributed by atoms with van der Waals surface area (Å²) in [5, 5.41) is 6.92. The fraction of sp³-hybridized carbons (Fsp3) is 0.400. The number of nitrogen functional groups attached to an aromatic ring is 1. The van der Waals surface area contributed by atoms with Crippen LogP contribution in [0.5, 0.6) is 5.75 Å². The number of nitrogens with one attached hydrogen (secondary N) is 2. The summed E-state index contributed by atoms with van der Waals surface area (Å²) >= 11 is 2.67. The number of thiazole rings is 1. The molecule has 1 saturated heterocycles. The first-order valence-corrected chi connectivity index (χ1v) is 11.6. The second-order valence-corrected chi connectivity index (χ2v) is 9.84. The number of carbonyl (C=O) groups excluding carboxylic acids is 1. The number of fused-ring (bicyclic) bond motifs is 2. The van der Waals surface area contributed by atoms with Crippen LogP contribution < -0.4 is 26.0 Å². The molecule has 5 rings (SSSR count). The van der Waals surface area contributed by atoms with Gasteiger partial charge in [0, 0.05) is 44.2 Å². The summed E-state index contributed by atoms with van der Waals surface area (Å²) in [5.74, 6) is -1.50. The van der Waals surface area contributed by atoms with E-state index in [1.807, 2.05) is 11.8 Å². The molecular formula is C20H21F2N5O2S2. The summed E-state index contributed by atoms with van der Waals surface area (Å²) in [5.41, 5.74) is 6.90. The average molecular weight is 466 g/mol. The van der Waals surface area contributed by atoms with E-state index in [-0.39, 0.29) is 35.9 Å². The van der Waals surface area contributed by atoms with Gasteiger partial charge in [0.1, 0.15) is 22.1 Å². The van der Waals surface area contributed by atoms with Crippen molar-refractivity contribution in [2.75, 3.05) is 43.4 Å². The van der Waals surface area contributed by atoms with E-state index in [9.17, 15) is 9.18 Å². The Balaban J connectivity index is 1.35. The van der Waals surface area contributed by atoms with Gasteiger partial charge in [0.2, 0.25) is 0 Å². The lowest BCUT2D eigenvalue weighted by molar-refractivity contribution is 0.0918. The maximum atomic E-state index is 15.1. The van der Waals surface area contributed by atoms with Crippen molar-refractivity contribution in [3.63, 3.8) is 0 Å². The van der Waals surface area contributed by atoms with Crippen LogP contribution in [0.3, 0.4) is 0 Å². The summed E-state index contributed by atoms with van der Waals surface area (Å²) in [6.07, 6.45) is 0.142. The van der Waals surface area contributed by atoms with Crippen molar-refractivity contribution in [1.29, 1.82) is 0 Å². The molecule has 2 aromatic heterocycles. The SMILES string of the molecule is Cc1nc2sc(C(=O)N[C@H]3COc4c(F)c(N5CCNCC5)cc(F)c4C3)c(N)c2s1. The molecule has 1 fully saturated rings. The molecule has 2 aliphatic heterocycles. The normalized spacial score (nSPS) is 18.7. The highest BCUT2D eigenvalue weighted by Crippen LogP contribution is 2.39. The van der Waals surface area contributed by atoms with E-state index in [2.05, 4.69) is 15.6 Å². The second kappa shape index (κ2) is 7.88. The number of benzene rings is 1. The number of anilines is 2. The van der Waals surface area contributed by atoms with E-state index in [0.717, 1.165) is 14.5 Å². The first-order chi connectivity index (χ1) is 14.9. The predicted molar refractivity (Wildman–Crippen MR) is 119 cm³/mol. The maximum Gasteiger partial charge on any atom is 0.263 e. The molecule has 0 radical (unpaired) electrons. The molecule has 0 unspecified atom stereocenters. The summed E-state index contributed by atoms with van der Waals surface area (Å²) in [7, 11) is 0. The Morgan fingerprint density at radius 1 is 1.35 bits per heavy atom. The van der Waals surface area contributed by atoms with Gasteiger partial charge in [-0.15, -0.1) is 22.7 Å². The Labute approximate surface area is 185 Å². The van der Waals surface area contributed by atoms with Crippen LogP contribution in [0.15, 0.2) is 6.07 Å². The van der Waals surface area contributed by atoms with Crippen molar-refractivity contribution in [3.8, 4) is 5.75 Å². The molecule has 31 heavy (non-hydrogen) atoms. The highest BCUT2D eigenvalue weighted by Gasteiger charge is 2.31. The molecule has 4 N–H and O–H groups in total. The van der Waals surface area contributed by atoms with Gasteiger partial charge in [-0.3, -0.25) is 4.79 Å². The summed E-state index contributed by atoms with van der Waals surface area (Å²) in [6, 6.07) is 0.736. The van der Waals surface area contributed by atoms with Crippen molar-refractivity contribution in [2.24, 2.45) is 0 Å². The van der Waals surface area contributed by atoms with Gasteiger partial charge in [0.25, 0.3) is 5.91 Å². The molecule has 0 bridgehead atoms. The number of ether oxygens (including phenoxy) is 1. The Morgan fingerprint density at radius 3 is 2.87 bits per heavy atom. The number of piperazine rings is 1. The topological polar surface area (TPSA) is 92.5 Å². The third-order valence-corrected chi connectivity index (χ3v) is 7.75. The Kier molecular flexibility index (Phi) is 5.19. The minimum Gasteiger partial charge on any atom is -0.488 e. The molecule has 0 saturated carbocycles. The first kappa shape index (κ1) is 20.4. The van der Waals surface area contributed by atoms with E-state index in [0.29, 0.717) is 36.7 Å². The molecule has 2 aliphatic rings. The number of carbonyl (C=O) groups is 1. The number of halogens is 2.